The monoisotopic (exact) mass is 411 g/mol. The Morgan fingerprint density at radius 2 is 1.41 bits per heavy atom. The van der Waals surface area contributed by atoms with E-state index in [1.165, 1.54) is 0 Å². The number of hydrogen-bond acceptors (Lipinski definition) is 3. The number of halogens is 6. The van der Waals surface area contributed by atoms with Crippen molar-refractivity contribution in [3.8, 4) is 0 Å². The Morgan fingerprint density at radius 1 is 0.852 bits per heavy atom. The van der Waals surface area contributed by atoms with Crippen LogP contribution in [0.15, 0.2) is 0 Å². The molecule has 2 nitrogen and oxygen atoms in total. The average Bonchev–Trinajstić information content (AvgIpc) is 2.66. The Morgan fingerprint density at radius 3 is 1.96 bits per heavy atom. The molecule has 150 valence electrons. The van der Waals surface area contributed by atoms with Crippen LogP contribution in [0.4, 0.5) is 32.0 Å². The molecular formula is C18H19F6NOS. The van der Waals surface area contributed by atoms with E-state index in [9.17, 15) is 26.3 Å². The van der Waals surface area contributed by atoms with Gasteiger partial charge in [-0.1, -0.05) is 13.8 Å². The van der Waals surface area contributed by atoms with E-state index in [4.69, 9.17) is 4.55 Å². The van der Waals surface area contributed by atoms with Crippen molar-refractivity contribution in [1.29, 1.82) is 0 Å². The predicted octanol–water partition coefficient (Wildman–Crippen LogP) is 6.59. The number of fused-ring (bicyclic) bond motifs is 1. The van der Waals surface area contributed by atoms with E-state index in [-0.39, 0.29) is 12.1 Å². The van der Waals surface area contributed by atoms with Crippen LogP contribution in [0.2, 0.25) is 0 Å². The molecule has 1 atom stereocenters. The lowest BCUT2D eigenvalue weighted by molar-refractivity contribution is 0.414. The van der Waals surface area contributed by atoms with E-state index in [0.29, 0.717) is 37.1 Å². The van der Waals surface area contributed by atoms with Gasteiger partial charge in [0, 0.05) is 17.7 Å². The molecule has 2 aromatic rings. The summed E-state index contributed by atoms with van der Waals surface area (Å²) in [5.74, 6) is -11.4. The normalized spacial score (nSPS) is 12.6. The van der Waals surface area contributed by atoms with Gasteiger partial charge in [-0.25, -0.2) is 26.3 Å². The van der Waals surface area contributed by atoms with Crippen molar-refractivity contribution in [2.75, 3.05) is 17.6 Å². The number of anilines is 1. The summed E-state index contributed by atoms with van der Waals surface area (Å²) in [5, 5.41) is 0.625. The van der Waals surface area contributed by atoms with Gasteiger partial charge in [0.1, 0.15) is 0 Å². The largest absolute Gasteiger partial charge is 0.382 e. The third-order valence-electron chi connectivity index (χ3n) is 4.51. The maximum absolute atomic E-state index is 14.6. The van der Waals surface area contributed by atoms with E-state index >= 15 is 0 Å². The van der Waals surface area contributed by atoms with Gasteiger partial charge >= 0.3 is 0 Å². The van der Waals surface area contributed by atoms with E-state index in [2.05, 4.69) is 5.32 Å². The minimum atomic E-state index is -2.18. The Bertz CT molecular complexity index is 845. The SMILES string of the molecule is CCC(C)c1c(NCCCCSO)c(F)c(F)c2c(F)c(F)c(F)c(F)c12. The third-order valence-corrected chi connectivity index (χ3v) is 4.98. The Hall–Kier alpha value is -1.61. The van der Waals surface area contributed by atoms with Crippen molar-refractivity contribution in [2.24, 2.45) is 0 Å². The van der Waals surface area contributed by atoms with Crippen LogP contribution in [0.3, 0.4) is 0 Å². The summed E-state index contributed by atoms with van der Waals surface area (Å²) in [4.78, 5) is 0. The average molecular weight is 411 g/mol. The minimum Gasteiger partial charge on any atom is -0.382 e. The van der Waals surface area contributed by atoms with Gasteiger partial charge in [-0.15, -0.1) is 0 Å². The Balaban J connectivity index is 2.73. The standard InChI is InChI=1S/C18H19F6NOS/c1-3-8(2)9-10-11(13(20)16(23)15(22)12(10)19)14(21)17(24)18(9)25-6-4-5-7-27-26/h8,25-26H,3-7H2,1-2H3. The molecule has 2 aromatic carbocycles. The van der Waals surface area contributed by atoms with E-state index in [1.54, 1.807) is 13.8 Å². The van der Waals surface area contributed by atoms with Gasteiger partial charge in [0.2, 0.25) is 0 Å². The first-order valence-corrected chi connectivity index (χ1v) is 9.38. The van der Waals surface area contributed by atoms with Gasteiger partial charge in [0.15, 0.2) is 34.9 Å². The lowest BCUT2D eigenvalue weighted by atomic mass is 9.89. The number of rotatable bonds is 8. The van der Waals surface area contributed by atoms with Crippen LogP contribution in [-0.4, -0.2) is 16.9 Å². The van der Waals surface area contributed by atoms with Crippen LogP contribution in [0.1, 0.15) is 44.6 Å². The first kappa shape index (κ1) is 21.7. The van der Waals surface area contributed by atoms with Gasteiger partial charge < -0.3 is 9.87 Å². The summed E-state index contributed by atoms with van der Waals surface area (Å²) in [6, 6.07) is 0. The summed E-state index contributed by atoms with van der Waals surface area (Å²) in [5.41, 5.74) is -0.534. The molecular weight excluding hydrogens is 392 g/mol. The molecule has 0 radical (unpaired) electrons. The van der Waals surface area contributed by atoms with Crippen molar-refractivity contribution >= 4 is 28.5 Å². The van der Waals surface area contributed by atoms with Gasteiger partial charge in [-0.2, -0.15) is 0 Å². The zero-order valence-electron chi connectivity index (χ0n) is 14.7. The summed E-state index contributed by atoms with van der Waals surface area (Å²) in [7, 11) is 0. The van der Waals surface area contributed by atoms with E-state index < -0.39 is 57.3 Å². The van der Waals surface area contributed by atoms with Crippen molar-refractivity contribution in [2.45, 2.75) is 39.0 Å². The fourth-order valence-corrected chi connectivity index (χ4v) is 3.26. The zero-order chi connectivity index (χ0) is 20.3. The lowest BCUT2D eigenvalue weighted by Gasteiger charge is -2.22. The quantitative estimate of drug-likeness (QED) is 0.169. The third kappa shape index (κ3) is 3.99. The van der Waals surface area contributed by atoms with Crippen molar-refractivity contribution in [1.82, 2.24) is 0 Å². The molecule has 0 aromatic heterocycles. The molecule has 0 spiro atoms. The second-order valence-electron chi connectivity index (χ2n) is 6.20. The van der Waals surface area contributed by atoms with Crippen LogP contribution in [0, 0.1) is 34.9 Å². The zero-order valence-corrected chi connectivity index (χ0v) is 15.6. The van der Waals surface area contributed by atoms with Crippen LogP contribution < -0.4 is 5.32 Å². The van der Waals surface area contributed by atoms with Gasteiger partial charge in [0.25, 0.3) is 0 Å². The summed E-state index contributed by atoms with van der Waals surface area (Å²) in [6.07, 6.45) is 1.41. The highest BCUT2D eigenvalue weighted by Gasteiger charge is 2.31. The molecule has 0 aliphatic rings. The Kier molecular flexibility index (Phi) is 7.27. The van der Waals surface area contributed by atoms with Crippen LogP contribution in [-0.2, 0) is 0 Å². The first-order chi connectivity index (χ1) is 12.8. The molecule has 1 unspecified atom stereocenters. The first-order valence-electron chi connectivity index (χ1n) is 8.44. The van der Waals surface area contributed by atoms with Crippen LogP contribution in [0.25, 0.3) is 10.8 Å². The molecule has 0 amide bonds. The highest BCUT2D eigenvalue weighted by Crippen LogP contribution is 2.41. The topological polar surface area (TPSA) is 32.3 Å². The second kappa shape index (κ2) is 9.05. The molecule has 0 saturated heterocycles. The van der Waals surface area contributed by atoms with Crippen molar-refractivity contribution < 1.29 is 30.9 Å². The fourth-order valence-electron chi connectivity index (χ4n) is 2.93. The highest BCUT2D eigenvalue weighted by molar-refractivity contribution is 7.93. The number of unbranched alkanes of at least 4 members (excludes halogenated alkanes) is 1. The Labute approximate surface area is 157 Å². The molecule has 0 aliphatic heterocycles. The van der Waals surface area contributed by atoms with Crippen molar-refractivity contribution in [3.63, 3.8) is 0 Å². The molecule has 0 aliphatic carbocycles. The molecule has 0 bridgehead atoms. The number of benzene rings is 2. The van der Waals surface area contributed by atoms with Crippen LogP contribution in [0.5, 0.6) is 0 Å². The lowest BCUT2D eigenvalue weighted by Crippen LogP contribution is -2.13. The molecule has 0 saturated carbocycles. The van der Waals surface area contributed by atoms with Crippen LogP contribution >= 0.6 is 12.0 Å². The van der Waals surface area contributed by atoms with Crippen molar-refractivity contribution in [3.05, 3.63) is 40.5 Å². The maximum Gasteiger partial charge on any atom is 0.198 e. The van der Waals surface area contributed by atoms with E-state index in [0.717, 1.165) is 0 Å². The van der Waals surface area contributed by atoms with Gasteiger partial charge in [0.05, 0.1) is 11.1 Å². The number of hydrogen-bond donors (Lipinski definition) is 2. The van der Waals surface area contributed by atoms with Gasteiger partial charge in [-0.05, 0) is 42.8 Å². The summed E-state index contributed by atoms with van der Waals surface area (Å²) in [6.45, 7) is 3.42. The highest BCUT2D eigenvalue weighted by atomic mass is 32.2. The van der Waals surface area contributed by atoms with E-state index in [1.807, 2.05) is 0 Å². The smallest absolute Gasteiger partial charge is 0.198 e. The molecule has 0 fully saturated rings. The number of nitrogens with one attached hydrogen (secondary N) is 1. The minimum absolute atomic E-state index is 0.141. The fraction of sp³-hybridized carbons (Fsp3) is 0.444. The molecule has 0 heterocycles. The predicted molar refractivity (Wildman–Crippen MR) is 95.2 cm³/mol. The molecule has 27 heavy (non-hydrogen) atoms. The molecule has 2 N–H and O–H groups in total. The molecule has 2 rings (SSSR count). The summed E-state index contributed by atoms with van der Waals surface area (Å²) >= 11 is 0.643. The second-order valence-corrected chi connectivity index (χ2v) is 6.87. The molecule has 9 heteroatoms. The summed E-state index contributed by atoms with van der Waals surface area (Å²) < 4.78 is 93.6. The maximum atomic E-state index is 14.6. The van der Waals surface area contributed by atoms with Gasteiger partial charge in [-0.3, -0.25) is 0 Å².